The van der Waals surface area contributed by atoms with Gasteiger partial charge < -0.3 is 24.6 Å². The largest absolute Gasteiger partial charge is 0.493 e. The van der Waals surface area contributed by atoms with Crippen LogP contribution in [0.2, 0.25) is 0 Å². The number of nitrogens with zero attached hydrogens (tertiary/aromatic N) is 4. The van der Waals surface area contributed by atoms with Gasteiger partial charge in [0.25, 0.3) is 0 Å². The van der Waals surface area contributed by atoms with E-state index in [-0.39, 0.29) is 0 Å². The second kappa shape index (κ2) is 12.3. The summed E-state index contributed by atoms with van der Waals surface area (Å²) in [5.41, 5.74) is 2.18. The Balaban J connectivity index is 1.30. The van der Waals surface area contributed by atoms with Crippen LogP contribution in [-0.2, 0) is 13.0 Å². The third kappa shape index (κ3) is 7.39. The Morgan fingerprint density at radius 1 is 1.06 bits per heavy atom. The number of piperidine rings is 1. The third-order valence-electron chi connectivity index (χ3n) is 6.72. The van der Waals surface area contributed by atoms with E-state index in [2.05, 4.69) is 39.3 Å². The highest BCUT2D eigenvalue weighted by Crippen LogP contribution is 2.29. The zero-order valence-electron chi connectivity index (χ0n) is 20.3. The van der Waals surface area contributed by atoms with Gasteiger partial charge in [0, 0.05) is 31.7 Å². The standard InChI is InChI=1S/C26H39N5O2/c1-30-15-9-22(10-16-30)28-20-23-8-11-27-26(29-23)19-21-6-7-24(32-2)25(18-21)33-17-5-14-31-12-3-4-13-31/h6-8,11,18,22,28H,3-5,9-10,12-17,19-20H2,1-2H3. The summed E-state index contributed by atoms with van der Waals surface area (Å²) < 4.78 is 11.6. The van der Waals surface area contributed by atoms with Gasteiger partial charge in [-0.25, -0.2) is 9.97 Å². The second-order valence-corrected chi connectivity index (χ2v) is 9.34. The molecule has 0 aliphatic carbocycles. The minimum atomic E-state index is 0.575. The Bertz CT molecular complexity index is 864. The van der Waals surface area contributed by atoms with Crippen molar-refractivity contribution in [1.29, 1.82) is 0 Å². The van der Waals surface area contributed by atoms with Gasteiger partial charge in [-0.3, -0.25) is 0 Å². The Labute approximate surface area is 198 Å². The summed E-state index contributed by atoms with van der Waals surface area (Å²) in [6.45, 7) is 7.37. The maximum absolute atomic E-state index is 6.10. The van der Waals surface area contributed by atoms with Crippen molar-refractivity contribution in [1.82, 2.24) is 25.1 Å². The van der Waals surface area contributed by atoms with Crippen molar-refractivity contribution in [2.45, 2.75) is 51.1 Å². The quantitative estimate of drug-likeness (QED) is 0.525. The summed E-state index contributed by atoms with van der Waals surface area (Å²) in [6.07, 6.45) is 8.62. The van der Waals surface area contributed by atoms with E-state index in [9.17, 15) is 0 Å². The first kappa shape index (κ1) is 23.9. The molecule has 0 amide bonds. The molecule has 0 radical (unpaired) electrons. The van der Waals surface area contributed by atoms with Gasteiger partial charge >= 0.3 is 0 Å². The molecular weight excluding hydrogens is 414 g/mol. The molecule has 4 rings (SSSR count). The second-order valence-electron chi connectivity index (χ2n) is 9.34. The van der Waals surface area contributed by atoms with Crippen LogP contribution in [-0.4, -0.2) is 79.3 Å². The highest BCUT2D eigenvalue weighted by atomic mass is 16.5. The predicted molar refractivity (Wildman–Crippen MR) is 131 cm³/mol. The van der Waals surface area contributed by atoms with Gasteiger partial charge in [-0.05, 0) is 89.1 Å². The normalized spacial score (nSPS) is 18.0. The summed E-state index contributed by atoms with van der Waals surface area (Å²) in [7, 11) is 3.88. The summed E-state index contributed by atoms with van der Waals surface area (Å²) >= 11 is 0. The lowest BCUT2D eigenvalue weighted by Crippen LogP contribution is -2.40. The van der Waals surface area contributed by atoms with Gasteiger partial charge in [-0.15, -0.1) is 0 Å². The zero-order valence-corrected chi connectivity index (χ0v) is 20.3. The lowest BCUT2D eigenvalue weighted by molar-refractivity contribution is 0.233. The summed E-state index contributed by atoms with van der Waals surface area (Å²) in [5.74, 6) is 2.41. The Kier molecular flexibility index (Phi) is 8.92. The molecule has 33 heavy (non-hydrogen) atoms. The van der Waals surface area contributed by atoms with Crippen LogP contribution in [0, 0.1) is 0 Å². The molecule has 180 valence electrons. The molecule has 7 nitrogen and oxygen atoms in total. The minimum absolute atomic E-state index is 0.575. The smallest absolute Gasteiger partial charge is 0.161 e. The Morgan fingerprint density at radius 2 is 1.88 bits per heavy atom. The van der Waals surface area contributed by atoms with Crippen LogP contribution in [0.15, 0.2) is 30.5 Å². The zero-order chi connectivity index (χ0) is 22.9. The number of hydrogen-bond donors (Lipinski definition) is 1. The van der Waals surface area contributed by atoms with Crippen molar-refractivity contribution in [3.63, 3.8) is 0 Å². The summed E-state index contributed by atoms with van der Waals surface area (Å²) in [6, 6.07) is 8.71. The molecule has 0 atom stereocenters. The van der Waals surface area contributed by atoms with Crippen LogP contribution in [0.4, 0.5) is 0 Å². The van der Waals surface area contributed by atoms with Gasteiger partial charge in [0.15, 0.2) is 11.5 Å². The van der Waals surface area contributed by atoms with Gasteiger partial charge in [0.05, 0.1) is 19.4 Å². The number of ether oxygens (including phenoxy) is 2. The number of likely N-dealkylation sites (tertiary alicyclic amines) is 2. The Hall–Kier alpha value is -2.22. The summed E-state index contributed by atoms with van der Waals surface area (Å²) in [5, 5.41) is 3.67. The molecule has 2 saturated heterocycles. The molecular formula is C26H39N5O2. The number of nitrogens with one attached hydrogen (secondary N) is 1. The summed E-state index contributed by atoms with van der Waals surface area (Å²) in [4.78, 5) is 14.2. The van der Waals surface area contributed by atoms with E-state index in [1.54, 1.807) is 7.11 Å². The molecule has 1 aromatic carbocycles. The van der Waals surface area contributed by atoms with Crippen molar-refractivity contribution in [3.8, 4) is 11.5 Å². The van der Waals surface area contributed by atoms with E-state index >= 15 is 0 Å². The highest BCUT2D eigenvalue weighted by Gasteiger charge is 2.16. The predicted octanol–water partition coefficient (Wildman–Crippen LogP) is 3.12. The highest BCUT2D eigenvalue weighted by molar-refractivity contribution is 5.43. The van der Waals surface area contributed by atoms with Crippen LogP contribution in [0.25, 0.3) is 0 Å². The molecule has 2 aliphatic heterocycles. The molecule has 2 aliphatic rings. The van der Waals surface area contributed by atoms with E-state index in [0.717, 1.165) is 61.2 Å². The van der Waals surface area contributed by atoms with Crippen molar-refractivity contribution in [2.24, 2.45) is 0 Å². The molecule has 1 N–H and O–H groups in total. The number of rotatable bonds is 11. The van der Waals surface area contributed by atoms with Crippen molar-refractivity contribution < 1.29 is 9.47 Å². The van der Waals surface area contributed by atoms with E-state index in [0.29, 0.717) is 19.1 Å². The van der Waals surface area contributed by atoms with Gasteiger partial charge in [0.1, 0.15) is 5.82 Å². The Morgan fingerprint density at radius 3 is 2.67 bits per heavy atom. The number of benzene rings is 1. The SMILES string of the molecule is COc1ccc(Cc2nccc(CNC3CCN(C)CC3)n2)cc1OCCCN1CCCC1. The molecule has 7 heteroatoms. The number of hydrogen-bond acceptors (Lipinski definition) is 7. The first-order valence-corrected chi connectivity index (χ1v) is 12.4. The van der Waals surface area contributed by atoms with Crippen LogP contribution in [0.1, 0.15) is 49.2 Å². The number of aromatic nitrogens is 2. The molecule has 1 aromatic heterocycles. The fraction of sp³-hybridized carbons (Fsp3) is 0.615. The van der Waals surface area contributed by atoms with Crippen LogP contribution in [0.3, 0.4) is 0 Å². The lowest BCUT2D eigenvalue weighted by Gasteiger charge is -2.29. The molecule has 2 fully saturated rings. The molecule has 2 aromatic rings. The third-order valence-corrected chi connectivity index (χ3v) is 6.72. The lowest BCUT2D eigenvalue weighted by atomic mass is 10.1. The minimum Gasteiger partial charge on any atom is -0.493 e. The van der Waals surface area contributed by atoms with Gasteiger partial charge in [0.2, 0.25) is 0 Å². The van der Waals surface area contributed by atoms with Gasteiger partial charge in [-0.1, -0.05) is 6.07 Å². The fourth-order valence-electron chi connectivity index (χ4n) is 4.69. The maximum atomic E-state index is 6.10. The van der Waals surface area contributed by atoms with Crippen LogP contribution in [0.5, 0.6) is 11.5 Å². The topological polar surface area (TPSA) is 62.8 Å². The fourth-order valence-corrected chi connectivity index (χ4v) is 4.69. The molecule has 0 bridgehead atoms. The number of methoxy groups -OCH3 is 1. The maximum Gasteiger partial charge on any atom is 0.161 e. The first-order valence-electron chi connectivity index (χ1n) is 12.4. The van der Waals surface area contributed by atoms with Crippen molar-refractivity contribution in [3.05, 3.63) is 47.5 Å². The van der Waals surface area contributed by atoms with E-state index in [1.807, 2.05) is 18.3 Å². The van der Waals surface area contributed by atoms with E-state index in [1.165, 1.54) is 38.8 Å². The van der Waals surface area contributed by atoms with Crippen LogP contribution >= 0.6 is 0 Å². The average Bonchev–Trinajstić information content (AvgIpc) is 3.36. The first-order chi connectivity index (χ1) is 16.2. The van der Waals surface area contributed by atoms with Gasteiger partial charge in [-0.2, -0.15) is 0 Å². The van der Waals surface area contributed by atoms with E-state index in [4.69, 9.17) is 14.5 Å². The van der Waals surface area contributed by atoms with Crippen molar-refractivity contribution >= 4 is 0 Å². The molecule has 0 spiro atoms. The molecule has 3 heterocycles. The molecule has 0 saturated carbocycles. The van der Waals surface area contributed by atoms with Crippen LogP contribution < -0.4 is 14.8 Å². The monoisotopic (exact) mass is 453 g/mol. The average molecular weight is 454 g/mol. The molecule has 0 unspecified atom stereocenters. The van der Waals surface area contributed by atoms with E-state index < -0.39 is 0 Å². The van der Waals surface area contributed by atoms with Crippen molar-refractivity contribution in [2.75, 3.05) is 53.5 Å².